The van der Waals surface area contributed by atoms with E-state index in [9.17, 15) is 13.2 Å². The van der Waals surface area contributed by atoms with Crippen LogP contribution in [0.3, 0.4) is 0 Å². The molecule has 146 valence electrons. The maximum atomic E-state index is 12.1. The predicted octanol–water partition coefficient (Wildman–Crippen LogP) is 1.55. The summed E-state index contributed by atoms with van der Waals surface area (Å²) in [4.78, 5) is 12.2. The largest absolute Gasteiger partial charge is 0.369 e. The minimum absolute atomic E-state index is 0.0626. The second-order valence-electron chi connectivity index (χ2n) is 6.61. The molecular formula is C18H25N5O3S. The topological polar surface area (TPSA) is 127 Å². The molecule has 0 fully saturated rings. The Balaban J connectivity index is 1.80. The first-order valence-corrected chi connectivity index (χ1v) is 10.3. The summed E-state index contributed by atoms with van der Waals surface area (Å²) in [5.74, 6) is 0.936. The van der Waals surface area contributed by atoms with Crippen molar-refractivity contribution in [2.75, 3.05) is 18.4 Å². The number of hydrogen-bond donors (Lipinski definition) is 3. The van der Waals surface area contributed by atoms with E-state index >= 15 is 0 Å². The number of nitrogens with one attached hydrogen (secondary N) is 2. The number of primary sulfonamides is 1. The van der Waals surface area contributed by atoms with E-state index in [1.807, 2.05) is 0 Å². The highest BCUT2D eigenvalue weighted by Crippen LogP contribution is 2.09. The van der Waals surface area contributed by atoms with E-state index in [1.165, 1.54) is 12.1 Å². The minimum atomic E-state index is -3.69. The van der Waals surface area contributed by atoms with Crippen molar-refractivity contribution >= 4 is 21.7 Å². The monoisotopic (exact) mass is 391 g/mol. The van der Waals surface area contributed by atoms with Gasteiger partial charge in [-0.25, -0.2) is 13.6 Å². The molecule has 9 heteroatoms. The summed E-state index contributed by atoms with van der Waals surface area (Å²) in [6.07, 6.45) is 1.58. The lowest BCUT2D eigenvalue weighted by atomic mass is 10.1. The van der Waals surface area contributed by atoms with E-state index in [-0.39, 0.29) is 16.5 Å². The zero-order valence-electron chi connectivity index (χ0n) is 15.5. The number of rotatable bonds is 9. The van der Waals surface area contributed by atoms with Crippen molar-refractivity contribution in [2.45, 2.75) is 31.6 Å². The molecule has 1 heterocycles. The SMILES string of the molecule is CC(C)CCNc1ccc(C(=O)NCCc2ccc(S(N)(=O)=O)cc2)nn1. The van der Waals surface area contributed by atoms with Crippen LogP contribution in [0.1, 0.15) is 36.3 Å². The third kappa shape index (κ3) is 6.95. The molecule has 1 aromatic carbocycles. The Morgan fingerprint density at radius 3 is 2.33 bits per heavy atom. The molecule has 2 rings (SSSR count). The van der Waals surface area contributed by atoms with Crippen molar-refractivity contribution in [2.24, 2.45) is 11.1 Å². The number of aromatic nitrogens is 2. The van der Waals surface area contributed by atoms with Crippen LogP contribution < -0.4 is 15.8 Å². The molecule has 0 saturated carbocycles. The molecule has 1 aromatic heterocycles. The zero-order chi connectivity index (χ0) is 19.9. The Kier molecular flexibility index (Phi) is 7.26. The number of hydrogen-bond acceptors (Lipinski definition) is 6. The van der Waals surface area contributed by atoms with Gasteiger partial charge in [0.1, 0.15) is 5.82 Å². The lowest BCUT2D eigenvalue weighted by molar-refractivity contribution is 0.0948. The van der Waals surface area contributed by atoms with E-state index in [1.54, 1.807) is 24.3 Å². The van der Waals surface area contributed by atoms with Crippen LogP contribution in [0.2, 0.25) is 0 Å². The van der Waals surface area contributed by atoms with Crippen molar-refractivity contribution in [1.82, 2.24) is 15.5 Å². The normalized spacial score (nSPS) is 11.4. The lowest BCUT2D eigenvalue weighted by Gasteiger charge is -2.08. The molecule has 27 heavy (non-hydrogen) atoms. The summed E-state index contributed by atoms with van der Waals surface area (Å²) < 4.78 is 22.4. The van der Waals surface area contributed by atoms with Crippen LogP contribution in [0.4, 0.5) is 5.82 Å². The van der Waals surface area contributed by atoms with Gasteiger partial charge in [-0.15, -0.1) is 10.2 Å². The van der Waals surface area contributed by atoms with Crippen molar-refractivity contribution in [3.8, 4) is 0 Å². The van der Waals surface area contributed by atoms with Crippen LogP contribution in [0, 0.1) is 5.92 Å². The summed E-state index contributed by atoms with van der Waals surface area (Å²) in [5, 5.41) is 18.9. The molecule has 0 unspecified atom stereocenters. The number of nitrogens with two attached hydrogens (primary N) is 1. The lowest BCUT2D eigenvalue weighted by Crippen LogP contribution is -2.26. The van der Waals surface area contributed by atoms with E-state index in [4.69, 9.17) is 5.14 Å². The van der Waals surface area contributed by atoms with Gasteiger partial charge in [-0.05, 0) is 48.6 Å². The third-order valence-corrected chi connectivity index (χ3v) is 4.81. The minimum Gasteiger partial charge on any atom is -0.369 e. The average molecular weight is 391 g/mol. The van der Waals surface area contributed by atoms with Crippen LogP contribution in [0.15, 0.2) is 41.3 Å². The molecule has 8 nitrogen and oxygen atoms in total. The number of benzene rings is 1. The average Bonchev–Trinajstić information content (AvgIpc) is 2.61. The van der Waals surface area contributed by atoms with Crippen molar-refractivity contribution in [3.05, 3.63) is 47.7 Å². The van der Waals surface area contributed by atoms with E-state index in [0.29, 0.717) is 24.7 Å². The summed E-state index contributed by atoms with van der Waals surface area (Å²) in [7, 11) is -3.69. The third-order valence-electron chi connectivity index (χ3n) is 3.88. The standard InChI is InChI=1S/C18H25N5O3S/c1-13(2)9-11-20-17-8-7-16(22-23-17)18(24)21-12-10-14-3-5-15(6-4-14)27(19,25)26/h3-8,13H,9-12H2,1-2H3,(H,20,23)(H,21,24)(H2,19,25,26). The predicted molar refractivity (Wildman–Crippen MR) is 104 cm³/mol. The summed E-state index contributed by atoms with van der Waals surface area (Å²) in [6.45, 7) is 5.50. The highest BCUT2D eigenvalue weighted by molar-refractivity contribution is 7.89. The quantitative estimate of drug-likeness (QED) is 0.595. The second-order valence-corrected chi connectivity index (χ2v) is 8.17. The van der Waals surface area contributed by atoms with E-state index in [2.05, 4.69) is 34.7 Å². The first-order chi connectivity index (χ1) is 12.8. The van der Waals surface area contributed by atoms with Gasteiger partial charge in [0, 0.05) is 13.1 Å². The Morgan fingerprint density at radius 2 is 1.78 bits per heavy atom. The number of carbonyl (C=O) groups excluding carboxylic acids is 1. The van der Waals surface area contributed by atoms with Gasteiger partial charge >= 0.3 is 0 Å². The highest BCUT2D eigenvalue weighted by Gasteiger charge is 2.09. The number of nitrogens with zero attached hydrogens (tertiary/aromatic N) is 2. The molecule has 0 bridgehead atoms. The summed E-state index contributed by atoms with van der Waals surface area (Å²) >= 11 is 0. The molecule has 0 spiro atoms. The zero-order valence-corrected chi connectivity index (χ0v) is 16.3. The van der Waals surface area contributed by atoms with Crippen LogP contribution in [0.25, 0.3) is 0 Å². The number of amides is 1. The van der Waals surface area contributed by atoms with Crippen molar-refractivity contribution in [3.63, 3.8) is 0 Å². The maximum Gasteiger partial charge on any atom is 0.271 e. The van der Waals surface area contributed by atoms with Gasteiger partial charge in [-0.1, -0.05) is 26.0 Å². The molecule has 0 saturated heterocycles. The molecular weight excluding hydrogens is 366 g/mol. The highest BCUT2D eigenvalue weighted by atomic mass is 32.2. The second kappa shape index (κ2) is 9.43. The number of anilines is 1. The first kappa shape index (κ1) is 20.8. The van der Waals surface area contributed by atoms with Crippen LogP contribution >= 0.6 is 0 Å². The molecule has 1 amide bonds. The first-order valence-electron chi connectivity index (χ1n) is 8.73. The molecule has 0 aliphatic carbocycles. The molecule has 4 N–H and O–H groups in total. The fourth-order valence-corrected chi connectivity index (χ4v) is 2.81. The van der Waals surface area contributed by atoms with Gasteiger partial charge in [0.05, 0.1) is 4.90 Å². The molecule has 0 atom stereocenters. The smallest absolute Gasteiger partial charge is 0.271 e. The molecule has 2 aromatic rings. The van der Waals surface area contributed by atoms with Crippen molar-refractivity contribution < 1.29 is 13.2 Å². The van der Waals surface area contributed by atoms with Gasteiger partial charge in [0.2, 0.25) is 10.0 Å². The van der Waals surface area contributed by atoms with E-state index in [0.717, 1.165) is 18.5 Å². The molecule has 0 aliphatic rings. The van der Waals surface area contributed by atoms with Gasteiger partial charge in [0.25, 0.3) is 5.91 Å². The summed E-state index contributed by atoms with van der Waals surface area (Å²) in [5.41, 5.74) is 1.13. The Bertz CT molecular complexity index is 850. The van der Waals surface area contributed by atoms with Gasteiger partial charge in [-0.2, -0.15) is 0 Å². The maximum absolute atomic E-state index is 12.1. The van der Waals surface area contributed by atoms with Gasteiger partial charge < -0.3 is 10.6 Å². The molecule has 0 aliphatic heterocycles. The Morgan fingerprint density at radius 1 is 1.07 bits per heavy atom. The van der Waals surface area contributed by atoms with Gasteiger partial charge in [0.15, 0.2) is 5.69 Å². The van der Waals surface area contributed by atoms with E-state index < -0.39 is 10.0 Å². The Labute approximate surface area is 159 Å². The molecule has 0 radical (unpaired) electrons. The Hall–Kier alpha value is -2.52. The summed E-state index contributed by atoms with van der Waals surface area (Å²) in [6, 6.07) is 9.59. The fraction of sp³-hybridized carbons (Fsp3) is 0.389. The van der Waals surface area contributed by atoms with Crippen LogP contribution in [-0.4, -0.2) is 37.6 Å². The van der Waals surface area contributed by atoms with Gasteiger partial charge in [-0.3, -0.25) is 4.79 Å². The van der Waals surface area contributed by atoms with Crippen LogP contribution in [0.5, 0.6) is 0 Å². The van der Waals surface area contributed by atoms with Crippen LogP contribution in [-0.2, 0) is 16.4 Å². The fourth-order valence-electron chi connectivity index (χ4n) is 2.29. The number of sulfonamides is 1. The van der Waals surface area contributed by atoms with Crippen molar-refractivity contribution in [1.29, 1.82) is 0 Å². The number of carbonyl (C=O) groups is 1.